The molecule has 3 fully saturated rings. The third-order valence-electron chi connectivity index (χ3n) is 10.5. The lowest BCUT2D eigenvalue weighted by Gasteiger charge is -2.58. The topological polar surface area (TPSA) is 29.4 Å². The van der Waals surface area contributed by atoms with E-state index in [4.69, 9.17) is 4.99 Å². The van der Waals surface area contributed by atoms with Gasteiger partial charge in [-0.25, -0.2) is 0 Å². The van der Waals surface area contributed by atoms with Gasteiger partial charge in [-0.05, 0) is 111 Å². The smallest absolute Gasteiger partial charge is 0.155 e. The van der Waals surface area contributed by atoms with E-state index in [1.54, 1.807) is 0 Å². The molecule has 0 bridgehead atoms. The summed E-state index contributed by atoms with van der Waals surface area (Å²) in [6.45, 7) is 9.91. The van der Waals surface area contributed by atoms with Gasteiger partial charge in [0.25, 0.3) is 0 Å². The standard InChI is InChI=1S/C26H39NO/c1-16-5-10-24(27-16)17(2)21-8-9-22-20-7-6-18-15-19(28)11-13-25(18,3)23(20)12-14-26(21,22)4/h15,17,20-24H,5-14H2,1-4H3. The van der Waals surface area contributed by atoms with Gasteiger partial charge in [-0.3, -0.25) is 9.79 Å². The normalized spacial score (nSPS) is 49.0. The van der Waals surface area contributed by atoms with Gasteiger partial charge in [0.2, 0.25) is 0 Å². The fourth-order valence-electron chi connectivity index (χ4n) is 8.88. The van der Waals surface area contributed by atoms with Gasteiger partial charge in [-0.1, -0.05) is 26.3 Å². The number of allylic oxidation sites excluding steroid dienone is 1. The molecule has 0 aromatic rings. The Bertz CT molecular complexity index is 735. The molecule has 2 nitrogen and oxygen atoms in total. The van der Waals surface area contributed by atoms with E-state index in [0.717, 1.165) is 42.4 Å². The van der Waals surface area contributed by atoms with Crippen molar-refractivity contribution in [3.63, 3.8) is 0 Å². The number of rotatable bonds is 2. The Balaban J connectivity index is 1.40. The summed E-state index contributed by atoms with van der Waals surface area (Å²) in [5.41, 5.74) is 3.72. The highest BCUT2D eigenvalue weighted by molar-refractivity contribution is 5.91. The first kappa shape index (κ1) is 19.1. The summed E-state index contributed by atoms with van der Waals surface area (Å²) in [4.78, 5) is 17.1. The summed E-state index contributed by atoms with van der Waals surface area (Å²) in [5, 5.41) is 0. The third-order valence-corrected chi connectivity index (χ3v) is 10.5. The van der Waals surface area contributed by atoms with Crippen molar-refractivity contribution >= 4 is 11.5 Å². The predicted octanol–water partition coefficient (Wildman–Crippen LogP) is 6.39. The number of hydrogen-bond donors (Lipinski definition) is 0. The Morgan fingerprint density at radius 2 is 1.82 bits per heavy atom. The zero-order valence-electron chi connectivity index (χ0n) is 18.5. The van der Waals surface area contributed by atoms with Gasteiger partial charge >= 0.3 is 0 Å². The van der Waals surface area contributed by atoms with Crippen LogP contribution in [0.1, 0.15) is 91.9 Å². The van der Waals surface area contributed by atoms with Gasteiger partial charge in [0.1, 0.15) is 0 Å². The third kappa shape index (κ3) is 2.65. The zero-order valence-corrected chi connectivity index (χ0v) is 18.5. The van der Waals surface area contributed by atoms with E-state index in [2.05, 4.69) is 27.7 Å². The minimum atomic E-state index is 0.314. The monoisotopic (exact) mass is 381 g/mol. The summed E-state index contributed by atoms with van der Waals surface area (Å²) < 4.78 is 0. The van der Waals surface area contributed by atoms with Crippen LogP contribution in [0.2, 0.25) is 0 Å². The summed E-state index contributed by atoms with van der Waals surface area (Å²) >= 11 is 0. The second-order valence-corrected chi connectivity index (χ2v) is 11.5. The van der Waals surface area contributed by atoms with Crippen LogP contribution < -0.4 is 0 Å². The molecular weight excluding hydrogens is 342 g/mol. The van der Waals surface area contributed by atoms with Crippen LogP contribution in [-0.2, 0) is 4.79 Å². The van der Waals surface area contributed by atoms with Gasteiger partial charge in [0.15, 0.2) is 5.78 Å². The minimum Gasteiger partial charge on any atom is -0.295 e. The SMILES string of the molecule is CC1=NC(C(C)C2CCC3C4CCC5=CC(=O)CCC5(C)C4CCC23C)CC1. The predicted molar refractivity (Wildman–Crippen MR) is 115 cm³/mol. The number of fused-ring (bicyclic) bond motifs is 5. The van der Waals surface area contributed by atoms with E-state index in [0.29, 0.717) is 22.7 Å². The fourth-order valence-corrected chi connectivity index (χ4v) is 8.88. The van der Waals surface area contributed by atoms with E-state index < -0.39 is 0 Å². The minimum absolute atomic E-state index is 0.314. The van der Waals surface area contributed by atoms with Crippen LogP contribution in [0.4, 0.5) is 0 Å². The van der Waals surface area contributed by atoms with E-state index >= 15 is 0 Å². The molecule has 0 radical (unpaired) electrons. The highest BCUT2D eigenvalue weighted by Crippen LogP contribution is 2.67. The Labute approximate surface area is 171 Å². The lowest BCUT2D eigenvalue weighted by atomic mass is 9.46. The van der Waals surface area contributed by atoms with Crippen molar-refractivity contribution in [2.45, 2.75) is 97.9 Å². The summed E-state index contributed by atoms with van der Waals surface area (Å²) in [5.74, 6) is 4.59. The molecule has 0 saturated heterocycles. The number of aliphatic imine (C=N–C) groups is 1. The summed E-state index contributed by atoms with van der Waals surface area (Å²) in [7, 11) is 0. The van der Waals surface area contributed by atoms with Crippen LogP contribution in [0.25, 0.3) is 0 Å². The summed E-state index contributed by atoms with van der Waals surface area (Å²) in [6, 6.07) is 0.584. The van der Waals surface area contributed by atoms with Gasteiger partial charge in [-0.15, -0.1) is 0 Å². The molecule has 5 rings (SSSR count). The largest absolute Gasteiger partial charge is 0.295 e. The molecule has 0 N–H and O–H groups in total. The maximum atomic E-state index is 12.0. The zero-order chi connectivity index (χ0) is 19.7. The maximum absolute atomic E-state index is 12.0. The van der Waals surface area contributed by atoms with Crippen LogP contribution in [0, 0.1) is 40.4 Å². The van der Waals surface area contributed by atoms with Crippen LogP contribution in [0.5, 0.6) is 0 Å². The lowest BCUT2D eigenvalue weighted by molar-refractivity contribution is -0.117. The van der Waals surface area contributed by atoms with Crippen molar-refractivity contribution in [3.05, 3.63) is 11.6 Å². The van der Waals surface area contributed by atoms with Crippen molar-refractivity contribution in [2.24, 2.45) is 45.4 Å². The quantitative estimate of drug-likeness (QED) is 0.544. The van der Waals surface area contributed by atoms with Crippen LogP contribution >= 0.6 is 0 Å². The number of nitrogens with zero attached hydrogens (tertiary/aromatic N) is 1. The molecule has 4 aliphatic carbocycles. The number of carbonyl (C=O) groups excluding carboxylic acids is 1. The Morgan fingerprint density at radius 3 is 2.57 bits per heavy atom. The molecule has 1 aliphatic heterocycles. The van der Waals surface area contributed by atoms with Crippen LogP contribution in [0.3, 0.4) is 0 Å². The molecule has 154 valence electrons. The molecule has 2 heteroatoms. The Hall–Kier alpha value is -0.920. The summed E-state index contributed by atoms with van der Waals surface area (Å²) in [6.07, 6.45) is 14.6. The molecule has 8 atom stereocenters. The second kappa shape index (κ2) is 6.54. The average Bonchev–Trinajstić information content (AvgIpc) is 3.25. The van der Waals surface area contributed by atoms with Crippen LogP contribution in [-0.4, -0.2) is 17.5 Å². The van der Waals surface area contributed by atoms with Crippen molar-refractivity contribution in [2.75, 3.05) is 0 Å². The van der Waals surface area contributed by atoms with Gasteiger partial charge < -0.3 is 0 Å². The lowest BCUT2D eigenvalue weighted by Crippen LogP contribution is -2.51. The highest BCUT2D eigenvalue weighted by Gasteiger charge is 2.59. The van der Waals surface area contributed by atoms with Gasteiger partial charge in [0.05, 0.1) is 6.04 Å². The number of hydrogen-bond acceptors (Lipinski definition) is 2. The van der Waals surface area contributed by atoms with Crippen molar-refractivity contribution in [3.8, 4) is 0 Å². The van der Waals surface area contributed by atoms with Crippen LogP contribution in [0.15, 0.2) is 16.6 Å². The van der Waals surface area contributed by atoms with Gasteiger partial charge in [0, 0.05) is 12.1 Å². The second-order valence-electron chi connectivity index (χ2n) is 11.5. The maximum Gasteiger partial charge on any atom is 0.155 e. The van der Waals surface area contributed by atoms with Crippen molar-refractivity contribution in [1.82, 2.24) is 0 Å². The van der Waals surface area contributed by atoms with E-state index in [1.165, 1.54) is 62.7 Å². The molecule has 28 heavy (non-hydrogen) atoms. The number of carbonyl (C=O) groups is 1. The first-order chi connectivity index (χ1) is 13.3. The fraction of sp³-hybridized carbons (Fsp3) is 0.846. The molecule has 0 amide bonds. The molecular formula is C26H39NO. The molecule has 0 aromatic carbocycles. The molecule has 1 heterocycles. The molecule has 8 unspecified atom stereocenters. The molecule has 0 spiro atoms. The first-order valence-corrected chi connectivity index (χ1v) is 12.1. The van der Waals surface area contributed by atoms with E-state index in [9.17, 15) is 4.79 Å². The average molecular weight is 382 g/mol. The highest BCUT2D eigenvalue weighted by atomic mass is 16.1. The first-order valence-electron chi connectivity index (χ1n) is 12.1. The van der Waals surface area contributed by atoms with Gasteiger partial charge in [-0.2, -0.15) is 0 Å². The van der Waals surface area contributed by atoms with Crippen molar-refractivity contribution < 1.29 is 4.79 Å². The molecule has 3 saturated carbocycles. The van der Waals surface area contributed by atoms with Crippen molar-refractivity contribution in [1.29, 1.82) is 0 Å². The number of ketones is 1. The van der Waals surface area contributed by atoms with E-state index in [-0.39, 0.29) is 0 Å². The Kier molecular flexibility index (Phi) is 4.45. The molecule has 5 aliphatic rings. The Morgan fingerprint density at radius 1 is 1.00 bits per heavy atom. The van der Waals surface area contributed by atoms with E-state index in [1.807, 2.05) is 6.08 Å². The molecule has 0 aromatic heterocycles.